The number of primary amides is 1. The highest BCUT2D eigenvalue weighted by atomic mass is 16.2. The van der Waals surface area contributed by atoms with Crippen molar-refractivity contribution in [1.82, 2.24) is 4.90 Å². The van der Waals surface area contributed by atoms with Crippen molar-refractivity contribution >= 4 is 17.5 Å². The number of carbonyl (C=O) groups excluding carboxylic acids is 2. The summed E-state index contributed by atoms with van der Waals surface area (Å²) in [6, 6.07) is 6.14. The molecule has 2 amide bonds. The predicted molar refractivity (Wildman–Crippen MR) is 87.5 cm³/mol. The molecule has 120 valence electrons. The smallest absolute Gasteiger partial charge is 0.241 e. The summed E-state index contributed by atoms with van der Waals surface area (Å²) < 4.78 is 0. The Labute approximate surface area is 131 Å². The minimum Gasteiger partial charge on any atom is -0.376 e. The van der Waals surface area contributed by atoms with Crippen molar-refractivity contribution in [3.8, 4) is 0 Å². The summed E-state index contributed by atoms with van der Waals surface area (Å²) in [6.45, 7) is 5.55. The van der Waals surface area contributed by atoms with Gasteiger partial charge in [-0.15, -0.1) is 0 Å². The molecule has 0 aromatic heterocycles. The summed E-state index contributed by atoms with van der Waals surface area (Å²) in [7, 11) is 0. The van der Waals surface area contributed by atoms with Crippen LogP contribution in [0.15, 0.2) is 18.2 Å². The van der Waals surface area contributed by atoms with Gasteiger partial charge in [-0.05, 0) is 37.3 Å². The molecule has 2 rings (SSSR count). The Hall–Kier alpha value is -2.04. The summed E-state index contributed by atoms with van der Waals surface area (Å²) >= 11 is 0. The maximum Gasteiger partial charge on any atom is 0.241 e. The van der Waals surface area contributed by atoms with Crippen molar-refractivity contribution in [2.75, 3.05) is 25.0 Å². The molecule has 0 unspecified atom stereocenters. The summed E-state index contributed by atoms with van der Waals surface area (Å²) in [5.74, 6) is -0.490. The molecule has 1 fully saturated rings. The SMILES string of the molecule is CCc1cccc(C)c1NCC(=O)N1CCC[C@H](C(N)=O)C1. The number of amides is 2. The Kier molecular flexibility index (Phi) is 5.41. The highest BCUT2D eigenvalue weighted by Gasteiger charge is 2.26. The van der Waals surface area contributed by atoms with Crippen LogP contribution in [0.4, 0.5) is 5.69 Å². The van der Waals surface area contributed by atoms with Gasteiger partial charge in [0, 0.05) is 18.8 Å². The summed E-state index contributed by atoms with van der Waals surface area (Å²) in [6.07, 6.45) is 2.54. The van der Waals surface area contributed by atoms with Crippen LogP contribution in [0.25, 0.3) is 0 Å². The summed E-state index contributed by atoms with van der Waals surface area (Å²) in [4.78, 5) is 25.4. The molecule has 5 heteroatoms. The number of nitrogens with one attached hydrogen (secondary N) is 1. The van der Waals surface area contributed by atoms with E-state index in [1.165, 1.54) is 5.56 Å². The number of hydrogen-bond acceptors (Lipinski definition) is 3. The van der Waals surface area contributed by atoms with Crippen LogP contribution in [0, 0.1) is 12.8 Å². The Morgan fingerprint density at radius 3 is 2.86 bits per heavy atom. The molecule has 0 radical (unpaired) electrons. The van der Waals surface area contributed by atoms with Gasteiger partial charge in [-0.3, -0.25) is 9.59 Å². The number of aryl methyl sites for hydroxylation is 2. The van der Waals surface area contributed by atoms with Crippen LogP contribution in [0.3, 0.4) is 0 Å². The standard InChI is InChI=1S/C17H25N3O2/c1-3-13-7-4-6-12(2)16(13)19-10-15(21)20-9-5-8-14(11-20)17(18)22/h4,6-7,14,19H,3,5,8-11H2,1-2H3,(H2,18,22)/t14-/m0/s1. The van der Waals surface area contributed by atoms with Gasteiger partial charge >= 0.3 is 0 Å². The minimum atomic E-state index is -0.308. The van der Waals surface area contributed by atoms with Gasteiger partial charge in [-0.25, -0.2) is 0 Å². The highest BCUT2D eigenvalue weighted by Crippen LogP contribution is 2.21. The number of carbonyl (C=O) groups is 2. The number of nitrogens with two attached hydrogens (primary N) is 1. The van der Waals surface area contributed by atoms with Gasteiger partial charge in [-0.1, -0.05) is 25.1 Å². The maximum absolute atomic E-state index is 12.4. The van der Waals surface area contributed by atoms with Crippen molar-refractivity contribution in [2.45, 2.75) is 33.1 Å². The molecule has 1 atom stereocenters. The van der Waals surface area contributed by atoms with Crippen LogP contribution < -0.4 is 11.1 Å². The highest BCUT2D eigenvalue weighted by molar-refractivity contribution is 5.83. The molecule has 0 saturated carbocycles. The van der Waals surface area contributed by atoms with Crippen LogP contribution in [0.1, 0.15) is 30.9 Å². The number of rotatable bonds is 5. The lowest BCUT2D eigenvalue weighted by Crippen LogP contribution is -2.46. The number of para-hydroxylation sites is 1. The number of benzene rings is 1. The number of likely N-dealkylation sites (tertiary alicyclic amines) is 1. The fourth-order valence-electron chi connectivity index (χ4n) is 2.99. The average molecular weight is 303 g/mol. The van der Waals surface area contributed by atoms with E-state index in [1.54, 1.807) is 4.90 Å². The van der Waals surface area contributed by atoms with E-state index < -0.39 is 0 Å². The first-order valence-electron chi connectivity index (χ1n) is 7.92. The lowest BCUT2D eigenvalue weighted by molar-refractivity contribution is -0.133. The molecule has 1 aromatic rings. The lowest BCUT2D eigenvalue weighted by Gasteiger charge is -2.31. The number of piperidine rings is 1. The molecule has 0 aliphatic carbocycles. The Balaban J connectivity index is 1.97. The van der Waals surface area contributed by atoms with E-state index in [4.69, 9.17) is 5.73 Å². The van der Waals surface area contributed by atoms with E-state index in [0.717, 1.165) is 30.5 Å². The molecule has 1 heterocycles. The zero-order valence-electron chi connectivity index (χ0n) is 13.4. The van der Waals surface area contributed by atoms with Gasteiger partial charge in [0.15, 0.2) is 0 Å². The summed E-state index contributed by atoms with van der Waals surface area (Å²) in [5, 5.41) is 3.27. The Bertz CT molecular complexity index is 557. The largest absolute Gasteiger partial charge is 0.376 e. The van der Waals surface area contributed by atoms with Crippen molar-refractivity contribution in [1.29, 1.82) is 0 Å². The number of hydrogen-bond donors (Lipinski definition) is 2. The molecule has 0 bridgehead atoms. The summed E-state index contributed by atoms with van der Waals surface area (Å²) in [5.41, 5.74) is 8.75. The molecule has 1 aliphatic rings. The second kappa shape index (κ2) is 7.29. The molecular formula is C17H25N3O2. The quantitative estimate of drug-likeness (QED) is 0.869. The van der Waals surface area contributed by atoms with E-state index in [9.17, 15) is 9.59 Å². The molecule has 1 saturated heterocycles. The third kappa shape index (κ3) is 3.78. The average Bonchev–Trinajstić information content (AvgIpc) is 2.53. The fraction of sp³-hybridized carbons (Fsp3) is 0.529. The Morgan fingerprint density at radius 2 is 2.18 bits per heavy atom. The van der Waals surface area contributed by atoms with E-state index in [2.05, 4.69) is 18.3 Å². The molecule has 5 nitrogen and oxygen atoms in total. The molecular weight excluding hydrogens is 278 g/mol. The molecule has 1 aromatic carbocycles. The van der Waals surface area contributed by atoms with Gasteiger partial charge in [0.1, 0.15) is 0 Å². The third-order valence-electron chi connectivity index (χ3n) is 4.33. The van der Waals surface area contributed by atoms with Crippen molar-refractivity contribution in [3.05, 3.63) is 29.3 Å². The van der Waals surface area contributed by atoms with E-state index >= 15 is 0 Å². The zero-order chi connectivity index (χ0) is 16.1. The first-order valence-corrected chi connectivity index (χ1v) is 7.92. The number of nitrogens with zero attached hydrogens (tertiary/aromatic N) is 1. The van der Waals surface area contributed by atoms with Crippen LogP contribution in [0.2, 0.25) is 0 Å². The third-order valence-corrected chi connectivity index (χ3v) is 4.33. The van der Waals surface area contributed by atoms with Crippen LogP contribution in [0.5, 0.6) is 0 Å². The van der Waals surface area contributed by atoms with Crippen LogP contribution in [-0.2, 0) is 16.0 Å². The van der Waals surface area contributed by atoms with Crippen LogP contribution in [-0.4, -0.2) is 36.3 Å². The fourth-order valence-corrected chi connectivity index (χ4v) is 2.99. The lowest BCUT2D eigenvalue weighted by atomic mass is 9.97. The van der Waals surface area contributed by atoms with E-state index in [1.807, 2.05) is 19.1 Å². The minimum absolute atomic E-state index is 0.0243. The maximum atomic E-state index is 12.4. The molecule has 0 spiro atoms. The second-order valence-corrected chi connectivity index (χ2v) is 5.90. The van der Waals surface area contributed by atoms with Crippen molar-refractivity contribution in [2.24, 2.45) is 11.7 Å². The van der Waals surface area contributed by atoms with Gasteiger partial charge in [0.05, 0.1) is 12.5 Å². The van der Waals surface area contributed by atoms with E-state index in [0.29, 0.717) is 13.1 Å². The zero-order valence-corrected chi connectivity index (χ0v) is 13.4. The van der Waals surface area contributed by atoms with Crippen molar-refractivity contribution < 1.29 is 9.59 Å². The normalized spacial score (nSPS) is 18.1. The van der Waals surface area contributed by atoms with E-state index in [-0.39, 0.29) is 24.3 Å². The Morgan fingerprint density at radius 1 is 1.41 bits per heavy atom. The van der Waals surface area contributed by atoms with Gasteiger partial charge in [0.2, 0.25) is 11.8 Å². The number of anilines is 1. The second-order valence-electron chi connectivity index (χ2n) is 5.90. The molecule has 3 N–H and O–H groups in total. The molecule has 1 aliphatic heterocycles. The predicted octanol–water partition coefficient (Wildman–Crippen LogP) is 1.69. The first-order chi connectivity index (χ1) is 10.5. The van der Waals surface area contributed by atoms with Gasteiger partial charge < -0.3 is 16.0 Å². The van der Waals surface area contributed by atoms with Gasteiger partial charge in [0.25, 0.3) is 0 Å². The first kappa shape index (κ1) is 16.3. The molecule has 22 heavy (non-hydrogen) atoms. The topological polar surface area (TPSA) is 75.4 Å². The monoisotopic (exact) mass is 303 g/mol. The van der Waals surface area contributed by atoms with Gasteiger partial charge in [-0.2, -0.15) is 0 Å². The van der Waals surface area contributed by atoms with Crippen LogP contribution >= 0.6 is 0 Å². The van der Waals surface area contributed by atoms with Crippen molar-refractivity contribution in [3.63, 3.8) is 0 Å².